The Balaban J connectivity index is 2.32. The van der Waals surface area contributed by atoms with E-state index in [0.717, 1.165) is 36.3 Å². The van der Waals surface area contributed by atoms with Gasteiger partial charge in [-0.15, -0.1) is 10.2 Å². The van der Waals surface area contributed by atoms with Gasteiger partial charge < -0.3 is 5.73 Å². The van der Waals surface area contributed by atoms with Gasteiger partial charge in [0.25, 0.3) is 0 Å². The summed E-state index contributed by atoms with van der Waals surface area (Å²) >= 11 is 0. The largest absolute Gasteiger partial charge is 0.323 e. The van der Waals surface area contributed by atoms with Crippen LogP contribution < -0.4 is 5.73 Å². The molecule has 5 heteroatoms. The minimum Gasteiger partial charge on any atom is -0.323 e. The number of rotatable bonds is 0. The van der Waals surface area contributed by atoms with Crippen LogP contribution in [-0.2, 0) is 6.42 Å². The highest BCUT2D eigenvalue weighted by Crippen LogP contribution is 2.25. The first-order chi connectivity index (χ1) is 6.86. The van der Waals surface area contributed by atoms with Gasteiger partial charge in [0.1, 0.15) is 5.69 Å². The summed E-state index contributed by atoms with van der Waals surface area (Å²) in [7, 11) is 0. The van der Waals surface area contributed by atoms with Crippen molar-refractivity contribution in [3.05, 3.63) is 23.7 Å². The summed E-state index contributed by atoms with van der Waals surface area (Å²) in [5.41, 5.74) is 8.80. The summed E-state index contributed by atoms with van der Waals surface area (Å²) in [6.45, 7) is 0. The Labute approximate surface area is 80.9 Å². The predicted molar refractivity (Wildman–Crippen MR) is 50.6 cm³/mol. The zero-order valence-corrected chi connectivity index (χ0v) is 7.72. The van der Waals surface area contributed by atoms with Crippen LogP contribution in [0.5, 0.6) is 0 Å². The topological polar surface area (TPSA) is 69.1 Å². The molecule has 1 unspecified atom stereocenters. The lowest BCUT2D eigenvalue weighted by molar-refractivity contribution is 0.523. The van der Waals surface area contributed by atoms with Crippen molar-refractivity contribution < 1.29 is 0 Å². The molecule has 0 aromatic carbocycles. The number of hydrogen-bond donors (Lipinski definition) is 1. The summed E-state index contributed by atoms with van der Waals surface area (Å²) in [5, 5.41) is 12.5. The van der Waals surface area contributed by atoms with Gasteiger partial charge in [0.05, 0.1) is 17.9 Å². The fourth-order valence-corrected chi connectivity index (χ4v) is 2.00. The first-order valence-corrected chi connectivity index (χ1v) is 4.81. The molecule has 0 saturated carbocycles. The smallest absolute Gasteiger partial charge is 0.177 e. The Kier molecular flexibility index (Phi) is 1.55. The van der Waals surface area contributed by atoms with E-state index < -0.39 is 0 Å². The van der Waals surface area contributed by atoms with Crippen LogP contribution in [0.15, 0.2) is 12.3 Å². The number of hydrogen-bond acceptors (Lipinski definition) is 4. The molecule has 0 radical (unpaired) electrons. The molecule has 2 N–H and O–H groups in total. The molecule has 0 amide bonds. The van der Waals surface area contributed by atoms with Crippen LogP contribution in [0.1, 0.15) is 30.3 Å². The van der Waals surface area contributed by atoms with Gasteiger partial charge in [-0.25, -0.2) is 4.52 Å². The number of aryl methyl sites for hydroxylation is 1. The first kappa shape index (κ1) is 7.87. The summed E-state index contributed by atoms with van der Waals surface area (Å²) < 4.78 is 1.85. The Hall–Kier alpha value is -1.49. The number of aromatic nitrogens is 4. The van der Waals surface area contributed by atoms with Crippen molar-refractivity contribution in [1.29, 1.82) is 0 Å². The van der Waals surface area contributed by atoms with Crippen LogP contribution in [0.2, 0.25) is 0 Å². The Morgan fingerprint density at radius 3 is 3.29 bits per heavy atom. The average Bonchev–Trinajstić information content (AvgIpc) is 2.66. The van der Waals surface area contributed by atoms with E-state index in [4.69, 9.17) is 5.73 Å². The summed E-state index contributed by atoms with van der Waals surface area (Å²) in [6, 6.07) is 1.88. The highest BCUT2D eigenvalue weighted by Gasteiger charge is 2.21. The van der Waals surface area contributed by atoms with E-state index in [2.05, 4.69) is 15.3 Å². The van der Waals surface area contributed by atoms with Crippen LogP contribution in [0.25, 0.3) is 5.65 Å². The summed E-state index contributed by atoms with van der Waals surface area (Å²) in [4.78, 5) is 0. The lowest BCUT2D eigenvalue weighted by atomic mass is 9.96. The third kappa shape index (κ3) is 0.957. The maximum Gasteiger partial charge on any atom is 0.177 e. The molecular weight excluding hydrogens is 178 g/mol. The molecule has 0 spiro atoms. The van der Waals surface area contributed by atoms with Gasteiger partial charge in [-0.3, -0.25) is 0 Å². The molecule has 1 aliphatic carbocycles. The number of nitrogens with zero attached hydrogens (tertiary/aromatic N) is 4. The van der Waals surface area contributed by atoms with E-state index in [1.54, 1.807) is 6.20 Å². The third-order valence-electron chi connectivity index (χ3n) is 2.71. The highest BCUT2D eigenvalue weighted by atomic mass is 15.3. The minimum atomic E-state index is 0.0276. The zero-order chi connectivity index (χ0) is 9.54. The maximum absolute atomic E-state index is 5.96. The van der Waals surface area contributed by atoms with Crippen molar-refractivity contribution in [3.63, 3.8) is 0 Å². The predicted octanol–water partition coefficient (Wildman–Crippen LogP) is 0.460. The first-order valence-electron chi connectivity index (χ1n) is 4.81. The van der Waals surface area contributed by atoms with Gasteiger partial charge in [0, 0.05) is 6.07 Å². The van der Waals surface area contributed by atoms with E-state index in [1.165, 1.54) is 0 Å². The van der Waals surface area contributed by atoms with Gasteiger partial charge >= 0.3 is 0 Å². The zero-order valence-electron chi connectivity index (χ0n) is 7.72. The maximum atomic E-state index is 5.96. The molecule has 2 aromatic rings. The molecular formula is C9H11N5. The fraction of sp³-hybridized carbons (Fsp3) is 0.444. The second-order valence-electron chi connectivity index (χ2n) is 3.63. The van der Waals surface area contributed by atoms with Crippen molar-refractivity contribution in [2.45, 2.75) is 25.3 Å². The fourth-order valence-electron chi connectivity index (χ4n) is 2.00. The monoisotopic (exact) mass is 189 g/mol. The molecule has 0 aliphatic heterocycles. The normalized spacial score (nSPS) is 21.1. The van der Waals surface area contributed by atoms with E-state index in [-0.39, 0.29) is 6.04 Å². The van der Waals surface area contributed by atoms with Gasteiger partial charge in [0.2, 0.25) is 0 Å². The van der Waals surface area contributed by atoms with E-state index in [1.807, 2.05) is 10.6 Å². The van der Waals surface area contributed by atoms with Crippen molar-refractivity contribution in [2.75, 3.05) is 0 Å². The lowest BCUT2D eigenvalue weighted by Crippen LogP contribution is -2.22. The number of fused-ring (bicyclic) bond motifs is 3. The molecule has 5 nitrogen and oxygen atoms in total. The van der Waals surface area contributed by atoms with Crippen molar-refractivity contribution in [1.82, 2.24) is 19.8 Å². The minimum absolute atomic E-state index is 0.0276. The molecule has 3 rings (SSSR count). The van der Waals surface area contributed by atoms with Crippen molar-refractivity contribution in [3.8, 4) is 0 Å². The van der Waals surface area contributed by atoms with Gasteiger partial charge in [0.15, 0.2) is 5.65 Å². The van der Waals surface area contributed by atoms with E-state index in [9.17, 15) is 0 Å². The highest BCUT2D eigenvalue weighted by molar-refractivity contribution is 5.37. The van der Waals surface area contributed by atoms with Crippen LogP contribution in [-0.4, -0.2) is 19.8 Å². The van der Waals surface area contributed by atoms with Gasteiger partial charge in [-0.1, -0.05) is 0 Å². The summed E-state index contributed by atoms with van der Waals surface area (Å²) in [6.07, 6.45) is 4.84. The van der Waals surface area contributed by atoms with Gasteiger partial charge in [-0.05, 0) is 19.3 Å². The quantitative estimate of drug-likeness (QED) is 0.653. The molecule has 1 aliphatic rings. The molecule has 0 bridgehead atoms. The Morgan fingerprint density at radius 2 is 2.36 bits per heavy atom. The SMILES string of the molecule is NC1CCCc2c1nnc1ccnn21. The molecule has 0 saturated heterocycles. The standard InChI is InChI=1S/C9H11N5/c10-6-2-1-3-7-9(6)13-12-8-4-5-11-14(7)8/h4-6H,1-3,10H2. The van der Waals surface area contributed by atoms with E-state index in [0.29, 0.717) is 0 Å². The van der Waals surface area contributed by atoms with Crippen LogP contribution in [0.4, 0.5) is 0 Å². The number of nitrogens with two attached hydrogens (primary N) is 1. The average molecular weight is 189 g/mol. The molecule has 1 atom stereocenters. The van der Waals surface area contributed by atoms with E-state index >= 15 is 0 Å². The Morgan fingerprint density at radius 1 is 1.43 bits per heavy atom. The molecule has 0 fully saturated rings. The molecule has 2 aromatic heterocycles. The summed E-state index contributed by atoms with van der Waals surface area (Å²) in [5.74, 6) is 0. The van der Waals surface area contributed by atoms with Gasteiger partial charge in [-0.2, -0.15) is 5.10 Å². The van der Waals surface area contributed by atoms with Crippen LogP contribution in [0.3, 0.4) is 0 Å². The van der Waals surface area contributed by atoms with Crippen LogP contribution in [0, 0.1) is 0 Å². The molecule has 14 heavy (non-hydrogen) atoms. The molecule has 72 valence electrons. The lowest BCUT2D eigenvalue weighted by Gasteiger charge is -2.20. The van der Waals surface area contributed by atoms with Crippen molar-refractivity contribution >= 4 is 5.65 Å². The second kappa shape index (κ2) is 2.75. The Bertz CT molecular complexity index is 475. The molecule has 2 heterocycles. The third-order valence-corrected chi connectivity index (χ3v) is 2.71. The van der Waals surface area contributed by atoms with Crippen LogP contribution >= 0.6 is 0 Å². The van der Waals surface area contributed by atoms with Crippen molar-refractivity contribution in [2.24, 2.45) is 5.73 Å². The second-order valence-corrected chi connectivity index (χ2v) is 3.63.